The average molecular weight is 753 g/mol. The van der Waals surface area contributed by atoms with Gasteiger partial charge in [-0.25, -0.2) is 19.0 Å². The minimum absolute atomic E-state index is 0.114. The van der Waals surface area contributed by atoms with Crippen molar-refractivity contribution in [1.29, 1.82) is 0 Å². The topological polar surface area (TPSA) is 143 Å². The van der Waals surface area contributed by atoms with E-state index in [9.17, 15) is 43.8 Å². The van der Waals surface area contributed by atoms with Crippen LogP contribution in [-0.2, 0) is 47.6 Å². The molecule has 1 unspecified atom stereocenters. The number of carbonyl (C=O) groups excluding carboxylic acids is 1. The summed E-state index contributed by atoms with van der Waals surface area (Å²) in [6.45, 7) is 8.31. The summed E-state index contributed by atoms with van der Waals surface area (Å²) in [6, 6.07) is 2.09. The maximum absolute atomic E-state index is 12.6. The van der Waals surface area contributed by atoms with Crippen molar-refractivity contribution >= 4 is 50.7 Å². The van der Waals surface area contributed by atoms with Gasteiger partial charge in [0.1, 0.15) is 15.9 Å². The molecular formula is C24H29Cl2F6N3O9S2. The average Bonchev–Trinajstić information content (AvgIpc) is 2.80. The summed E-state index contributed by atoms with van der Waals surface area (Å²) in [4.78, 5) is 19.4. The zero-order valence-electron chi connectivity index (χ0n) is 25.1. The number of rotatable bonds is 9. The lowest BCUT2D eigenvalue weighted by atomic mass is 10.2. The molecule has 0 N–H and O–H groups in total. The Morgan fingerprint density at radius 2 is 1.28 bits per heavy atom. The van der Waals surface area contributed by atoms with Crippen molar-refractivity contribution in [1.82, 2.24) is 14.3 Å². The van der Waals surface area contributed by atoms with Gasteiger partial charge in [0.25, 0.3) is 21.4 Å². The zero-order valence-corrected chi connectivity index (χ0v) is 28.2. The summed E-state index contributed by atoms with van der Waals surface area (Å²) in [5, 5.41) is -0.257. The lowest BCUT2D eigenvalue weighted by Crippen LogP contribution is -2.40. The Morgan fingerprint density at radius 1 is 0.848 bits per heavy atom. The van der Waals surface area contributed by atoms with E-state index < -0.39 is 76.1 Å². The van der Waals surface area contributed by atoms with Crippen LogP contribution in [0.5, 0.6) is 11.5 Å². The maximum atomic E-state index is 12.6. The van der Waals surface area contributed by atoms with E-state index in [2.05, 4.69) is 23.6 Å². The minimum atomic E-state index is -5.00. The molecule has 1 atom stereocenters. The fraction of sp³-hybridized carbons (Fsp3) is 0.542. The molecule has 0 aliphatic carbocycles. The standard InChI is InChI=1S/C16H22ClF3N2O5S.C8H7ClF3NO4S/c1-14(2,3)26-13(23)22(28(24)27-15(4,5)6)9-10-7-12(17)21-8-11(10)25-16(18,19)20;1-18(14,15)16-4-5-2-7(9)13-3-6(5)17-8(10,11)12/h7-8H,9H2,1-6H3;2-3H,4H2,1H3. The van der Waals surface area contributed by atoms with Gasteiger partial charge in [-0.15, -0.1) is 26.3 Å². The second-order valence-corrected chi connectivity index (χ2v) is 14.2. The van der Waals surface area contributed by atoms with Gasteiger partial charge in [-0.2, -0.15) is 12.7 Å². The van der Waals surface area contributed by atoms with Crippen LogP contribution in [0.25, 0.3) is 0 Å². The molecule has 0 saturated carbocycles. The molecule has 0 radical (unpaired) electrons. The summed E-state index contributed by atoms with van der Waals surface area (Å²) >= 11 is 8.87. The number of hydrogen-bond donors (Lipinski definition) is 0. The smallest absolute Gasteiger partial charge is 0.443 e. The number of aromatic nitrogens is 2. The highest BCUT2D eigenvalue weighted by molar-refractivity contribution is 7.85. The Kier molecular flexibility index (Phi) is 14.4. The first-order chi connectivity index (χ1) is 20.5. The van der Waals surface area contributed by atoms with Crippen molar-refractivity contribution in [3.8, 4) is 11.5 Å². The van der Waals surface area contributed by atoms with Crippen LogP contribution in [0.3, 0.4) is 0 Å². The lowest BCUT2D eigenvalue weighted by molar-refractivity contribution is -0.276. The molecule has 0 aliphatic heterocycles. The van der Waals surface area contributed by atoms with Gasteiger partial charge in [0.05, 0.1) is 37.4 Å². The third-order valence-corrected chi connectivity index (χ3v) is 6.36. The van der Waals surface area contributed by atoms with E-state index in [0.29, 0.717) is 4.31 Å². The maximum Gasteiger partial charge on any atom is 0.573 e. The molecule has 0 bridgehead atoms. The van der Waals surface area contributed by atoms with Crippen LogP contribution in [0.1, 0.15) is 52.7 Å². The number of hydrogen-bond acceptors (Lipinski definition) is 11. The molecule has 46 heavy (non-hydrogen) atoms. The summed E-state index contributed by atoms with van der Waals surface area (Å²) in [6.07, 6.45) is -8.72. The molecule has 1 amide bonds. The van der Waals surface area contributed by atoms with Gasteiger partial charge in [-0.3, -0.25) is 8.37 Å². The molecule has 0 aliphatic rings. The van der Waals surface area contributed by atoms with E-state index in [-0.39, 0.29) is 21.4 Å². The van der Waals surface area contributed by atoms with Crippen LogP contribution < -0.4 is 9.47 Å². The van der Waals surface area contributed by atoms with Gasteiger partial charge in [0.15, 0.2) is 11.5 Å². The highest BCUT2D eigenvalue weighted by atomic mass is 35.5. The molecule has 2 heterocycles. The number of amides is 1. The molecule has 22 heteroatoms. The molecule has 0 fully saturated rings. The Bertz CT molecular complexity index is 1460. The van der Waals surface area contributed by atoms with Gasteiger partial charge in [0.2, 0.25) is 0 Å². The van der Waals surface area contributed by atoms with Crippen LogP contribution in [0.4, 0.5) is 31.1 Å². The van der Waals surface area contributed by atoms with Gasteiger partial charge >= 0.3 is 18.8 Å². The normalized spacial score (nSPS) is 13.3. The molecule has 2 aromatic rings. The lowest BCUT2D eigenvalue weighted by Gasteiger charge is -2.28. The highest BCUT2D eigenvalue weighted by Gasteiger charge is 2.35. The van der Waals surface area contributed by atoms with Gasteiger partial charge in [0, 0.05) is 11.1 Å². The Hall–Kier alpha value is -2.65. The van der Waals surface area contributed by atoms with E-state index in [1.54, 1.807) is 41.5 Å². The number of pyridine rings is 2. The Balaban J connectivity index is 0.000000506. The van der Waals surface area contributed by atoms with E-state index in [0.717, 1.165) is 30.8 Å². The SMILES string of the molecule is CC(C)(C)OC(=O)N(Cc1cc(Cl)ncc1OC(F)(F)F)S(=O)OC(C)(C)C.CS(=O)(=O)OCc1cc(Cl)ncc1OC(F)(F)F. The number of ether oxygens (including phenoxy) is 3. The molecule has 2 rings (SSSR count). The zero-order chi connectivity index (χ0) is 35.9. The predicted octanol–water partition coefficient (Wildman–Crippen LogP) is 6.87. The Morgan fingerprint density at radius 3 is 1.67 bits per heavy atom. The number of carbonyl (C=O) groups is 1. The number of halogens is 8. The quantitative estimate of drug-likeness (QED) is 0.150. The molecular weight excluding hydrogens is 723 g/mol. The van der Waals surface area contributed by atoms with Crippen molar-refractivity contribution in [2.24, 2.45) is 0 Å². The van der Waals surface area contributed by atoms with Crippen LogP contribution in [0, 0.1) is 0 Å². The van der Waals surface area contributed by atoms with Crippen molar-refractivity contribution in [3.05, 3.63) is 46.0 Å². The number of alkyl halides is 6. The second-order valence-electron chi connectivity index (χ2n) is 10.7. The van der Waals surface area contributed by atoms with Gasteiger partial charge in [-0.05, 0) is 53.7 Å². The van der Waals surface area contributed by atoms with E-state index in [1.165, 1.54) is 0 Å². The molecule has 0 saturated heterocycles. The van der Waals surface area contributed by atoms with Crippen molar-refractivity contribution in [3.63, 3.8) is 0 Å². The monoisotopic (exact) mass is 751 g/mol. The summed E-state index contributed by atoms with van der Waals surface area (Å²) in [7, 11) is -3.80. The summed E-state index contributed by atoms with van der Waals surface area (Å²) in [5.74, 6) is -1.37. The minimum Gasteiger partial charge on any atom is -0.443 e. The van der Waals surface area contributed by atoms with Crippen molar-refractivity contribution in [2.45, 2.75) is 78.6 Å². The van der Waals surface area contributed by atoms with Crippen molar-refractivity contribution in [2.75, 3.05) is 6.26 Å². The number of nitrogens with zero attached hydrogens (tertiary/aromatic N) is 3. The van der Waals surface area contributed by atoms with Gasteiger partial charge in [-0.1, -0.05) is 23.2 Å². The van der Waals surface area contributed by atoms with E-state index in [4.69, 9.17) is 32.1 Å². The first-order valence-electron chi connectivity index (χ1n) is 12.3. The fourth-order valence-corrected chi connectivity index (χ4v) is 4.28. The molecule has 0 aromatic carbocycles. The van der Waals surface area contributed by atoms with E-state index >= 15 is 0 Å². The van der Waals surface area contributed by atoms with Crippen LogP contribution in [0.2, 0.25) is 10.3 Å². The van der Waals surface area contributed by atoms with Crippen LogP contribution in [-0.4, -0.2) is 63.2 Å². The summed E-state index contributed by atoms with van der Waals surface area (Å²) < 4.78 is 131. The first kappa shape index (κ1) is 41.4. The molecule has 2 aromatic heterocycles. The molecule has 262 valence electrons. The third kappa shape index (κ3) is 17.9. The van der Waals surface area contributed by atoms with Crippen LogP contribution in [0.15, 0.2) is 24.5 Å². The Labute approximate surface area is 273 Å². The molecule has 0 spiro atoms. The summed E-state index contributed by atoms with van der Waals surface area (Å²) in [5.41, 5.74) is -2.22. The second kappa shape index (κ2) is 16.0. The largest absolute Gasteiger partial charge is 0.573 e. The van der Waals surface area contributed by atoms with Crippen molar-refractivity contribution < 1.29 is 66.3 Å². The highest BCUT2D eigenvalue weighted by Crippen LogP contribution is 2.30. The van der Waals surface area contributed by atoms with E-state index in [1.807, 2.05) is 0 Å². The fourth-order valence-electron chi connectivity index (χ4n) is 2.66. The third-order valence-electron chi connectivity index (χ3n) is 4.12. The molecule has 12 nitrogen and oxygen atoms in total. The predicted molar refractivity (Wildman–Crippen MR) is 152 cm³/mol. The van der Waals surface area contributed by atoms with Gasteiger partial charge < -0.3 is 14.2 Å². The van der Waals surface area contributed by atoms with Crippen LogP contribution >= 0.6 is 23.2 Å². The first-order valence-corrected chi connectivity index (χ1v) is 15.9.